The van der Waals surface area contributed by atoms with Crippen LogP contribution in [0.3, 0.4) is 0 Å². The molecule has 0 fully saturated rings. The molecule has 0 heterocycles. The highest BCUT2D eigenvalue weighted by Gasteiger charge is 2.59. The maximum atomic E-state index is 6.14. The summed E-state index contributed by atoms with van der Waals surface area (Å²) in [6, 6.07) is 0. The van der Waals surface area contributed by atoms with E-state index >= 15 is 0 Å². The average molecular weight is 299 g/mol. The van der Waals surface area contributed by atoms with E-state index in [9.17, 15) is 0 Å². The van der Waals surface area contributed by atoms with Gasteiger partial charge < -0.3 is 4.74 Å². The quantitative estimate of drug-likeness (QED) is 0.502. The van der Waals surface area contributed by atoms with E-state index in [4.69, 9.17) is 4.74 Å². The molecule has 0 saturated heterocycles. The molecule has 0 rings (SSSR count). The summed E-state index contributed by atoms with van der Waals surface area (Å²) >= 11 is 0. The normalized spacial score (nSPS) is 20.7. The standard InChI is InChI=1S/C20H42O/c1-13-21-17(8)19(11,15(4)5)20(12,16(6)7)18(9,10)14(2)3/h14-17H,13H2,1-12H3. The summed E-state index contributed by atoms with van der Waals surface area (Å²) in [6.07, 6.45) is 0.257. The van der Waals surface area contributed by atoms with Gasteiger partial charge in [-0.25, -0.2) is 0 Å². The fourth-order valence-electron chi connectivity index (χ4n) is 4.57. The Bertz CT molecular complexity index is 316. The Balaban J connectivity index is 6.23. The second kappa shape index (κ2) is 7.02. The molecule has 0 bridgehead atoms. The Labute approximate surface area is 135 Å². The first-order chi connectivity index (χ1) is 9.31. The molecule has 0 aliphatic rings. The number of ether oxygens (including phenoxy) is 1. The van der Waals surface area contributed by atoms with Crippen molar-refractivity contribution in [2.45, 2.75) is 89.2 Å². The van der Waals surface area contributed by atoms with E-state index in [0.29, 0.717) is 17.8 Å². The highest BCUT2D eigenvalue weighted by atomic mass is 16.5. The Morgan fingerprint density at radius 1 is 0.714 bits per heavy atom. The van der Waals surface area contributed by atoms with Crippen LogP contribution >= 0.6 is 0 Å². The van der Waals surface area contributed by atoms with Gasteiger partial charge in [0.1, 0.15) is 0 Å². The van der Waals surface area contributed by atoms with Gasteiger partial charge in [0.2, 0.25) is 0 Å². The van der Waals surface area contributed by atoms with Gasteiger partial charge >= 0.3 is 0 Å². The lowest BCUT2D eigenvalue weighted by Gasteiger charge is -2.63. The summed E-state index contributed by atoms with van der Waals surface area (Å²) in [7, 11) is 0. The number of hydrogen-bond donors (Lipinski definition) is 0. The van der Waals surface area contributed by atoms with Crippen molar-refractivity contribution in [1.29, 1.82) is 0 Å². The van der Waals surface area contributed by atoms with Gasteiger partial charge in [0.25, 0.3) is 0 Å². The summed E-state index contributed by atoms with van der Waals surface area (Å²) in [5, 5.41) is 0. The van der Waals surface area contributed by atoms with Gasteiger partial charge in [0.05, 0.1) is 6.10 Å². The van der Waals surface area contributed by atoms with Crippen molar-refractivity contribution in [3.8, 4) is 0 Å². The lowest BCUT2D eigenvalue weighted by molar-refractivity contribution is -0.190. The van der Waals surface area contributed by atoms with Crippen LogP contribution in [-0.2, 0) is 4.74 Å². The van der Waals surface area contributed by atoms with Crippen molar-refractivity contribution in [3.05, 3.63) is 0 Å². The van der Waals surface area contributed by atoms with E-state index in [1.807, 2.05) is 0 Å². The van der Waals surface area contributed by atoms with Crippen LogP contribution in [0.2, 0.25) is 0 Å². The summed E-state index contributed by atoms with van der Waals surface area (Å²) in [4.78, 5) is 0. The van der Waals surface area contributed by atoms with Gasteiger partial charge in [0, 0.05) is 12.0 Å². The van der Waals surface area contributed by atoms with Gasteiger partial charge in [-0.1, -0.05) is 69.2 Å². The smallest absolute Gasteiger partial charge is 0.0608 e. The van der Waals surface area contributed by atoms with Gasteiger partial charge in [-0.3, -0.25) is 0 Å². The summed E-state index contributed by atoms with van der Waals surface area (Å²) < 4.78 is 6.14. The topological polar surface area (TPSA) is 9.23 Å². The molecule has 0 N–H and O–H groups in total. The Morgan fingerprint density at radius 2 is 1.14 bits per heavy atom. The Kier molecular flexibility index (Phi) is 7.01. The first kappa shape index (κ1) is 21.0. The highest BCUT2D eigenvalue weighted by molar-refractivity contribution is 5.07. The molecule has 0 aromatic carbocycles. The molecule has 0 aliphatic carbocycles. The summed E-state index contributed by atoms with van der Waals surface area (Å²) in [5.74, 6) is 1.81. The zero-order valence-corrected chi connectivity index (χ0v) is 16.9. The summed E-state index contributed by atoms with van der Waals surface area (Å²) in [5.41, 5.74) is 0.563. The van der Waals surface area contributed by atoms with Gasteiger partial charge in [-0.2, -0.15) is 0 Å². The molecule has 0 spiro atoms. The molecule has 0 aromatic rings. The van der Waals surface area contributed by atoms with E-state index in [2.05, 4.69) is 83.1 Å². The van der Waals surface area contributed by atoms with Crippen LogP contribution in [0.25, 0.3) is 0 Å². The van der Waals surface area contributed by atoms with Gasteiger partial charge in [-0.05, 0) is 42.4 Å². The van der Waals surface area contributed by atoms with Crippen LogP contribution in [0.4, 0.5) is 0 Å². The fourth-order valence-corrected chi connectivity index (χ4v) is 4.57. The van der Waals surface area contributed by atoms with Crippen LogP contribution < -0.4 is 0 Å². The van der Waals surface area contributed by atoms with E-state index < -0.39 is 0 Å². The van der Waals surface area contributed by atoms with Crippen LogP contribution in [0.1, 0.15) is 83.1 Å². The third-order valence-corrected chi connectivity index (χ3v) is 7.52. The lowest BCUT2D eigenvalue weighted by atomic mass is 9.42. The molecule has 3 atom stereocenters. The number of hydrogen-bond acceptors (Lipinski definition) is 1. The largest absolute Gasteiger partial charge is 0.378 e. The third kappa shape index (κ3) is 3.19. The Hall–Kier alpha value is -0.0400. The predicted molar refractivity (Wildman–Crippen MR) is 95.6 cm³/mol. The molecule has 0 aliphatic heterocycles. The van der Waals surface area contributed by atoms with Crippen molar-refractivity contribution in [2.75, 3.05) is 6.61 Å². The minimum atomic E-state index is 0.130. The monoisotopic (exact) mass is 298 g/mol. The van der Waals surface area contributed by atoms with Crippen molar-refractivity contribution >= 4 is 0 Å². The highest BCUT2D eigenvalue weighted by Crippen LogP contribution is 2.63. The molecule has 0 saturated carbocycles. The fraction of sp³-hybridized carbons (Fsp3) is 1.00. The molecular weight excluding hydrogens is 256 g/mol. The zero-order valence-electron chi connectivity index (χ0n) is 16.9. The molecule has 128 valence electrons. The second-order valence-electron chi connectivity index (χ2n) is 8.77. The van der Waals surface area contributed by atoms with Crippen LogP contribution in [0.15, 0.2) is 0 Å². The molecular formula is C20H42O. The van der Waals surface area contributed by atoms with Crippen molar-refractivity contribution in [1.82, 2.24) is 0 Å². The average Bonchev–Trinajstić information content (AvgIpc) is 2.35. The molecule has 1 heteroatoms. The van der Waals surface area contributed by atoms with Gasteiger partial charge in [-0.15, -0.1) is 0 Å². The number of rotatable bonds is 8. The van der Waals surface area contributed by atoms with Crippen LogP contribution in [0, 0.1) is 34.0 Å². The lowest BCUT2D eigenvalue weighted by Crippen LogP contribution is -2.60. The minimum Gasteiger partial charge on any atom is -0.378 e. The zero-order chi connectivity index (χ0) is 17.2. The third-order valence-electron chi connectivity index (χ3n) is 7.52. The summed E-state index contributed by atoms with van der Waals surface area (Å²) in [6.45, 7) is 29.3. The van der Waals surface area contributed by atoms with E-state index in [0.717, 1.165) is 6.61 Å². The maximum absolute atomic E-state index is 6.14. The molecule has 0 aromatic heterocycles. The van der Waals surface area contributed by atoms with Crippen molar-refractivity contribution < 1.29 is 4.74 Å². The first-order valence-electron chi connectivity index (χ1n) is 8.93. The van der Waals surface area contributed by atoms with E-state index in [1.54, 1.807) is 0 Å². The molecule has 21 heavy (non-hydrogen) atoms. The predicted octanol–water partition coefficient (Wildman–Crippen LogP) is 6.42. The minimum absolute atomic E-state index is 0.130. The molecule has 3 unspecified atom stereocenters. The van der Waals surface area contributed by atoms with Crippen molar-refractivity contribution in [3.63, 3.8) is 0 Å². The first-order valence-corrected chi connectivity index (χ1v) is 8.93. The van der Waals surface area contributed by atoms with Crippen molar-refractivity contribution in [2.24, 2.45) is 34.0 Å². The SMILES string of the molecule is CCOC(C)C(C)(C(C)C)C(C)(C(C)C)C(C)(C)C(C)C. The molecule has 0 radical (unpaired) electrons. The molecule has 0 amide bonds. The molecule has 1 nitrogen and oxygen atoms in total. The maximum Gasteiger partial charge on any atom is 0.0608 e. The Morgan fingerprint density at radius 3 is 1.38 bits per heavy atom. The van der Waals surface area contributed by atoms with Crippen LogP contribution in [-0.4, -0.2) is 12.7 Å². The second-order valence-corrected chi connectivity index (χ2v) is 8.77. The van der Waals surface area contributed by atoms with E-state index in [-0.39, 0.29) is 22.3 Å². The van der Waals surface area contributed by atoms with E-state index in [1.165, 1.54) is 0 Å². The van der Waals surface area contributed by atoms with Crippen LogP contribution in [0.5, 0.6) is 0 Å². The van der Waals surface area contributed by atoms with Gasteiger partial charge in [0.15, 0.2) is 0 Å².